The molecule has 3 rings (SSSR count). The lowest BCUT2D eigenvalue weighted by atomic mass is 9.99. The van der Waals surface area contributed by atoms with Gasteiger partial charge in [0.2, 0.25) is 0 Å². The second-order valence-electron chi connectivity index (χ2n) is 5.27. The summed E-state index contributed by atoms with van der Waals surface area (Å²) in [6, 6.07) is 11.8. The van der Waals surface area contributed by atoms with E-state index in [4.69, 9.17) is 5.84 Å². The number of fused-ring (bicyclic) bond motifs is 1. The highest BCUT2D eigenvalue weighted by molar-refractivity contribution is 5.95. The number of hydrazine groups is 1. The van der Waals surface area contributed by atoms with Crippen molar-refractivity contribution in [3.63, 3.8) is 0 Å². The number of benzene rings is 1. The maximum atomic E-state index is 12.7. The zero-order valence-electron chi connectivity index (χ0n) is 12.0. The van der Waals surface area contributed by atoms with Crippen LogP contribution in [0.2, 0.25) is 0 Å². The molecule has 1 aromatic heterocycles. The third-order valence-electron chi connectivity index (χ3n) is 3.77. The van der Waals surface area contributed by atoms with Gasteiger partial charge in [-0.3, -0.25) is 4.79 Å². The van der Waals surface area contributed by atoms with Gasteiger partial charge in [-0.2, -0.15) is 0 Å². The molecule has 0 atom stereocenters. The summed E-state index contributed by atoms with van der Waals surface area (Å²) in [6.45, 7) is 3.24. The molecule has 0 fully saturated rings. The molecule has 0 spiro atoms. The van der Waals surface area contributed by atoms with Crippen LogP contribution in [0, 0.1) is 6.92 Å². The Bertz CT molecular complexity index is 684. The van der Waals surface area contributed by atoms with Gasteiger partial charge in [-0.05, 0) is 36.6 Å². The minimum absolute atomic E-state index is 0.0199. The number of nitrogens with zero attached hydrogens (tertiary/aromatic N) is 2. The van der Waals surface area contributed by atoms with E-state index in [9.17, 15) is 4.79 Å². The Balaban J connectivity index is 1.85. The van der Waals surface area contributed by atoms with Crippen LogP contribution in [0.25, 0.3) is 0 Å². The molecule has 1 aliphatic heterocycles. The van der Waals surface area contributed by atoms with Crippen molar-refractivity contribution in [3.8, 4) is 0 Å². The van der Waals surface area contributed by atoms with Crippen molar-refractivity contribution in [1.29, 1.82) is 0 Å². The van der Waals surface area contributed by atoms with Crippen molar-refractivity contribution >= 4 is 11.7 Å². The van der Waals surface area contributed by atoms with E-state index in [2.05, 4.69) is 22.5 Å². The van der Waals surface area contributed by atoms with Crippen molar-refractivity contribution < 1.29 is 4.79 Å². The molecule has 5 heteroatoms. The summed E-state index contributed by atoms with van der Waals surface area (Å²) in [7, 11) is 0. The number of carbonyl (C=O) groups is 1. The number of nitrogens with one attached hydrogen (secondary N) is 1. The highest BCUT2D eigenvalue weighted by Gasteiger charge is 2.22. The fourth-order valence-corrected chi connectivity index (χ4v) is 2.72. The van der Waals surface area contributed by atoms with Crippen LogP contribution in [-0.4, -0.2) is 22.3 Å². The maximum absolute atomic E-state index is 12.7. The molecule has 0 saturated carbocycles. The van der Waals surface area contributed by atoms with Crippen LogP contribution >= 0.6 is 0 Å². The second-order valence-corrected chi connectivity index (χ2v) is 5.27. The van der Waals surface area contributed by atoms with Gasteiger partial charge >= 0.3 is 0 Å². The van der Waals surface area contributed by atoms with E-state index in [1.165, 1.54) is 11.1 Å². The van der Waals surface area contributed by atoms with E-state index in [1.54, 1.807) is 12.1 Å². The van der Waals surface area contributed by atoms with Gasteiger partial charge in [0, 0.05) is 24.3 Å². The van der Waals surface area contributed by atoms with Gasteiger partial charge in [0.15, 0.2) is 0 Å². The van der Waals surface area contributed by atoms with Gasteiger partial charge < -0.3 is 10.3 Å². The number of anilines is 1. The lowest BCUT2D eigenvalue weighted by Crippen LogP contribution is -2.36. The number of amides is 1. The van der Waals surface area contributed by atoms with E-state index in [1.807, 2.05) is 24.0 Å². The lowest BCUT2D eigenvalue weighted by Gasteiger charge is -2.29. The molecule has 1 aromatic carbocycles. The SMILES string of the molecule is Cc1cc(C(=O)N2CCc3ccccc3C2)cc(NN)n1. The Morgan fingerprint density at radius 2 is 2.05 bits per heavy atom. The molecule has 0 radical (unpaired) electrons. The first-order valence-corrected chi connectivity index (χ1v) is 6.99. The number of hydrogen-bond donors (Lipinski definition) is 2. The summed E-state index contributed by atoms with van der Waals surface area (Å²) < 4.78 is 0. The van der Waals surface area contributed by atoms with Crippen molar-refractivity contribution in [3.05, 3.63) is 58.8 Å². The number of aryl methyl sites for hydroxylation is 1. The van der Waals surface area contributed by atoms with Crippen LogP contribution in [0.1, 0.15) is 27.2 Å². The van der Waals surface area contributed by atoms with Gasteiger partial charge in [-0.25, -0.2) is 10.8 Å². The second kappa shape index (κ2) is 5.54. The number of rotatable bonds is 2. The van der Waals surface area contributed by atoms with Crippen molar-refractivity contribution in [2.75, 3.05) is 12.0 Å². The minimum Gasteiger partial charge on any atom is -0.334 e. The number of pyridine rings is 1. The van der Waals surface area contributed by atoms with Crippen LogP contribution in [0.4, 0.5) is 5.82 Å². The number of carbonyl (C=O) groups excluding carboxylic acids is 1. The number of nitrogen functional groups attached to an aromatic ring is 1. The predicted molar refractivity (Wildman–Crippen MR) is 81.7 cm³/mol. The summed E-state index contributed by atoms with van der Waals surface area (Å²) in [6.07, 6.45) is 0.897. The molecule has 0 unspecified atom stereocenters. The largest absolute Gasteiger partial charge is 0.334 e. The molecule has 0 aliphatic carbocycles. The Morgan fingerprint density at radius 1 is 1.29 bits per heavy atom. The molecule has 0 saturated heterocycles. The standard InChI is InChI=1S/C16H18N4O/c1-11-8-14(9-15(18-11)19-17)16(21)20-7-6-12-4-2-3-5-13(12)10-20/h2-5,8-9H,6-7,10,17H2,1H3,(H,18,19). The molecular weight excluding hydrogens is 264 g/mol. The van der Waals surface area contributed by atoms with Gasteiger partial charge in [-0.1, -0.05) is 24.3 Å². The molecule has 2 heterocycles. The van der Waals surface area contributed by atoms with Crippen LogP contribution in [0.15, 0.2) is 36.4 Å². The van der Waals surface area contributed by atoms with Crippen LogP contribution in [0.5, 0.6) is 0 Å². The highest BCUT2D eigenvalue weighted by Crippen LogP contribution is 2.21. The molecule has 2 aromatic rings. The lowest BCUT2D eigenvalue weighted by molar-refractivity contribution is 0.0734. The molecule has 1 amide bonds. The molecule has 21 heavy (non-hydrogen) atoms. The van der Waals surface area contributed by atoms with Crippen LogP contribution < -0.4 is 11.3 Å². The topological polar surface area (TPSA) is 71.2 Å². The van der Waals surface area contributed by atoms with E-state index < -0.39 is 0 Å². The summed E-state index contributed by atoms with van der Waals surface area (Å²) >= 11 is 0. The summed E-state index contributed by atoms with van der Waals surface area (Å²) in [5, 5.41) is 0. The molecule has 3 N–H and O–H groups in total. The zero-order chi connectivity index (χ0) is 14.8. The predicted octanol–water partition coefficient (Wildman–Crippen LogP) is 1.87. The first-order valence-electron chi connectivity index (χ1n) is 6.99. The van der Waals surface area contributed by atoms with E-state index >= 15 is 0 Å². The van der Waals surface area contributed by atoms with Gasteiger partial charge in [0.05, 0.1) is 0 Å². The molecular formula is C16H18N4O. The first-order chi connectivity index (χ1) is 10.2. The third kappa shape index (κ3) is 2.73. The minimum atomic E-state index is 0.0199. The monoisotopic (exact) mass is 282 g/mol. The quantitative estimate of drug-likeness (QED) is 0.651. The Kier molecular flexibility index (Phi) is 3.58. The zero-order valence-corrected chi connectivity index (χ0v) is 12.0. The van der Waals surface area contributed by atoms with Crippen LogP contribution in [0.3, 0.4) is 0 Å². The fraction of sp³-hybridized carbons (Fsp3) is 0.250. The van der Waals surface area contributed by atoms with Gasteiger partial charge in [0.25, 0.3) is 5.91 Å². The normalized spacial score (nSPS) is 13.7. The van der Waals surface area contributed by atoms with Crippen molar-refractivity contribution in [2.45, 2.75) is 19.9 Å². The first kappa shape index (κ1) is 13.6. The summed E-state index contributed by atoms with van der Waals surface area (Å²) in [4.78, 5) is 18.7. The number of aromatic nitrogens is 1. The van der Waals surface area contributed by atoms with Gasteiger partial charge in [-0.15, -0.1) is 0 Å². The van der Waals surface area contributed by atoms with Crippen molar-refractivity contribution in [2.24, 2.45) is 5.84 Å². The average molecular weight is 282 g/mol. The average Bonchev–Trinajstić information content (AvgIpc) is 2.53. The highest BCUT2D eigenvalue weighted by atomic mass is 16.2. The summed E-state index contributed by atoms with van der Waals surface area (Å²) in [5.74, 6) is 5.92. The van der Waals surface area contributed by atoms with E-state index in [-0.39, 0.29) is 5.91 Å². The Morgan fingerprint density at radius 3 is 2.81 bits per heavy atom. The maximum Gasteiger partial charge on any atom is 0.254 e. The van der Waals surface area contributed by atoms with Gasteiger partial charge in [0.1, 0.15) is 5.82 Å². The molecule has 108 valence electrons. The smallest absolute Gasteiger partial charge is 0.254 e. The third-order valence-corrected chi connectivity index (χ3v) is 3.77. The fourth-order valence-electron chi connectivity index (χ4n) is 2.72. The molecule has 1 aliphatic rings. The van der Waals surface area contributed by atoms with Crippen LogP contribution in [-0.2, 0) is 13.0 Å². The molecule has 5 nitrogen and oxygen atoms in total. The van der Waals surface area contributed by atoms with E-state index in [0.29, 0.717) is 17.9 Å². The Hall–Kier alpha value is -2.40. The number of hydrogen-bond acceptors (Lipinski definition) is 4. The summed E-state index contributed by atoms with van der Waals surface area (Å²) in [5.41, 5.74) is 6.44. The number of nitrogens with two attached hydrogens (primary N) is 1. The molecule has 0 bridgehead atoms. The van der Waals surface area contributed by atoms with E-state index in [0.717, 1.165) is 18.7 Å². The Labute approximate surface area is 123 Å². The van der Waals surface area contributed by atoms with Crippen molar-refractivity contribution in [1.82, 2.24) is 9.88 Å².